The molecule has 1 aromatic carbocycles. The highest BCUT2D eigenvalue weighted by Gasteiger charge is 2.18. The van der Waals surface area contributed by atoms with Gasteiger partial charge in [-0.3, -0.25) is 4.79 Å². The lowest BCUT2D eigenvalue weighted by Gasteiger charge is -2.20. The number of hydrogen-bond donors (Lipinski definition) is 2. The minimum Gasteiger partial charge on any atom is -0.481 e. The van der Waals surface area contributed by atoms with Crippen LogP contribution in [0, 0.1) is 5.82 Å². The van der Waals surface area contributed by atoms with Crippen LogP contribution in [0.2, 0.25) is 0 Å². The Balaban J connectivity index is 2.47. The third kappa shape index (κ3) is 5.14. The molecule has 0 aliphatic rings. The Hall–Kier alpha value is -1.62. The van der Waals surface area contributed by atoms with Crippen LogP contribution in [0.5, 0.6) is 5.75 Å². The van der Waals surface area contributed by atoms with Gasteiger partial charge in [0.15, 0.2) is 6.10 Å². The molecule has 1 atom stereocenters. The molecule has 1 aromatic rings. The number of carbonyl (C=O) groups is 1. The van der Waals surface area contributed by atoms with E-state index in [-0.39, 0.29) is 18.3 Å². The highest BCUT2D eigenvalue weighted by Crippen LogP contribution is 2.13. The van der Waals surface area contributed by atoms with Crippen molar-refractivity contribution in [3.63, 3.8) is 0 Å². The predicted molar refractivity (Wildman–Crippen MR) is 65.8 cm³/mol. The zero-order valence-corrected chi connectivity index (χ0v) is 10.7. The second kappa shape index (κ2) is 5.82. The quantitative estimate of drug-likeness (QED) is 0.838. The average Bonchev–Trinajstić information content (AvgIpc) is 2.28. The Morgan fingerprint density at radius 2 is 2.00 bits per heavy atom. The summed E-state index contributed by atoms with van der Waals surface area (Å²) >= 11 is 0. The second-order valence-corrected chi connectivity index (χ2v) is 4.74. The van der Waals surface area contributed by atoms with Gasteiger partial charge in [-0.1, -0.05) is 0 Å². The largest absolute Gasteiger partial charge is 0.481 e. The summed E-state index contributed by atoms with van der Waals surface area (Å²) in [6.45, 7) is 4.92. The first-order valence-corrected chi connectivity index (χ1v) is 5.70. The molecule has 0 spiro atoms. The first-order chi connectivity index (χ1) is 8.28. The van der Waals surface area contributed by atoms with E-state index in [1.165, 1.54) is 24.3 Å². The fourth-order valence-electron chi connectivity index (χ4n) is 1.22. The van der Waals surface area contributed by atoms with Crippen LogP contribution < -0.4 is 10.1 Å². The zero-order valence-electron chi connectivity index (χ0n) is 10.7. The maximum atomic E-state index is 12.7. The molecule has 0 fully saturated rings. The number of carbonyl (C=O) groups excluding carboxylic acids is 1. The molecular formula is C13H18FNO3. The van der Waals surface area contributed by atoms with Crippen molar-refractivity contribution < 1.29 is 19.0 Å². The summed E-state index contributed by atoms with van der Waals surface area (Å²) in [6.07, 6.45) is -0.710. The molecule has 0 aliphatic carbocycles. The summed E-state index contributed by atoms with van der Waals surface area (Å²) in [5, 5.41) is 12.0. The lowest BCUT2D eigenvalue weighted by atomic mass is 10.1. The Kier molecular flexibility index (Phi) is 4.67. The van der Waals surface area contributed by atoms with E-state index in [1.54, 1.807) is 20.8 Å². The van der Waals surface area contributed by atoms with Gasteiger partial charge in [0.1, 0.15) is 11.6 Å². The number of hydrogen-bond acceptors (Lipinski definition) is 3. The molecule has 0 heterocycles. The van der Waals surface area contributed by atoms with Crippen LogP contribution >= 0.6 is 0 Å². The fraction of sp³-hybridized carbons (Fsp3) is 0.462. The van der Waals surface area contributed by atoms with Gasteiger partial charge in [-0.15, -0.1) is 0 Å². The molecule has 1 rings (SSSR count). The second-order valence-electron chi connectivity index (χ2n) is 4.74. The molecule has 2 N–H and O–H groups in total. The number of amides is 1. The molecular weight excluding hydrogens is 237 g/mol. The fourth-order valence-corrected chi connectivity index (χ4v) is 1.22. The molecule has 5 heteroatoms. The van der Waals surface area contributed by atoms with E-state index in [1.807, 2.05) is 0 Å². The molecule has 0 saturated heterocycles. The first-order valence-electron chi connectivity index (χ1n) is 5.70. The molecule has 18 heavy (non-hydrogen) atoms. The number of aliphatic hydroxyl groups is 1. The normalized spacial score (nSPS) is 12.9. The molecule has 0 radical (unpaired) electrons. The minimum absolute atomic E-state index is 0.142. The number of halogens is 1. The van der Waals surface area contributed by atoms with E-state index in [4.69, 9.17) is 4.74 Å². The summed E-state index contributed by atoms with van der Waals surface area (Å²) in [6, 6.07) is 5.43. The van der Waals surface area contributed by atoms with E-state index in [0.29, 0.717) is 5.75 Å². The van der Waals surface area contributed by atoms with Crippen LogP contribution in [0.3, 0.4) is 0 Å². The lowest BCUT2D eigenvalue weighted by Crippen LogP contribution is -2.43. The topological polar surface area (TPSA) is 58.6 Å². The van der Waals surface area contributed by atoms with Crippen LogP contribution in [0.1, 0.15) is 20.8 Å². The lowest BCUT2D eigenvalue weighted by molar-refractivity contribution is -0.128. The minimum atomic E-state index is -0.967. The van der Waals surface area contributed by atoms with E-state index in [2.05, 4.69) is 5.32 Å². The monoisotopic (exact) mass is 255 g/mol. The maximum Gasteiger partial charge on any atom is 0.260 e. The molecule has 1 unspecified atom stereocenters. The van der Waals surface area contributed by atoms with Crippen molar-refractivity contribution in [1.82, 2.24) is 5.32 Å². The summed E-state index contributed by atoms with van der Waals surface area (Å²) in [4.78, 5) is 11.6. The van der Waals surface area contributed by atoms with Crippen LogP contribution in [0.25, 0.3) is 0 Å². The van der Waals surface area contributed by atoms with Crippen LogP contribution in [-0.2, 0) is 4.79 Å². The highest BCUT2D eigenvalue weighted by molar-refractivity contribution is 5.80. The first kappa shape index (κ1) is 14.4. The Morgan fingerprint density at radius 1 is 1.44 bits per heavy atom. The van der Waals surface area contributed by atoms with Crippen molar-refractivity contribution in [2.24, 2.45) is 0 Å². The van der Waals surface area contributed by atoms with E-state index < -0.39 is 11.7 Å². The van der Waals surface area contributed by atoms with E-state index in [0.717, 1.165) is 0 Å². The van der Waals surface area contributed by atoms with Gasteiger partial charge in [0.25, 0.3) is 5.91 Å². The van der Waals surface area contributed by atoms with Gasteiger partial charge in [0.05, 0.1) is 5.60 Å². The van der Waals surface area contributed by atoms with Crippen LogP contribution in [0.15, 0.2) is 24.3 Å². The van der Waals surface area contributed by atoms with Gasteiger partial charge >= 0.3 is 0 Å². The molecule has 0 aromatic heterocycles. The molecule has 0 saturated carbocycles. The Morgan fingerprint density at radius 3 is 2.50 bits per heavy atom. The smallest absolute Gasteiger partial charge is 0.260 e. The summed E-state index contributed by atoms with van der Waals surface area (Å²) in [5.41, 5.74) is -0.967. The van der Waals surface area contributed by atoms with Gasteiger partial charge in [0, 0.05) is 6.54 Å². The SMILES string of the molecule is CC(Oc1ccc(F)cc1)C(=O)NCC(C)(C)O. The summed E-state index contributed by atoms with van der Waals surface area (Å²) in [5.74, 6) is -0.273. The molecule has 0 bridgehead atoms. The molecule has 4 nitrogen and oxygen atoms in total. The van der Waals surface area contributed by atoms with Crippen molar-refractivity contribution >= 4 is 5.91 Å². The van der Waals surface area contributed by atoms with E-state index >= 15 is 0 Å². The van der Waals surface area contributed by atoms with Crippen LogP contribution in [0.4, 0.5) is 4.39 Å². The third-order valence-corrected chi connectivity index (χ3v) is 2.19. The van der Waals surface area contributed by atoms with Crippen molar-refractivity contribution in [1.29, 1.82) is 0 Å². The zero-order chi connectivity index (χ0) is 13.8. The summed E-state index contributed by atoms with van der Waals surface area (Å²) < 4.78 is 18.0. The van der Waals surface area contributed by atoms with E-state index in [9.17, 15) is 14.3 Å². The Bertz CT molecular complexity index is 398. The van der Waals surface area contributed by atoms with Gasteiger partial charge in [-0.2, -0.15) is 0 Å². The predicted octanol–water partition coefficient (Wildman–Crippen LogP) is 1.48. The molecule has 100 valence electrons. The standard InChI is InChI=1S/C13H18FNO3/c1-9(12(16)15-8-13(2,3)17)18-11-6-4-10(14)5-7-11/h4-7,9,17H,8H2,1-3H3,(H,15,16). The highest BCUT2D eigenvalue weighted by atomic mass is 19.1. The van der Waals surface area contributed by atoms with Gasteiger partial charge in [-0.25, -0.2) is 4.39 Å². The number of benzene rings is 1. The van der Waals surface area contributed by atoms with Crippen LogP contribution in [-0.4, -0.2) is 29.3 Å². The van der Waals surface area contributed by atoms with Gasteiger partial charge in [-0.05, 0) is 45.0 Å². The Labute approximate surface area is 106 Å². The third-order valence-electron chi connectivity index (χ3n) is 2.19. The average molecular weight is 255 g/mol. The molecule has 0 aliphatic heterocycles. The maximum absolute atomic E-state index is 12.7. The van der Waals surface area contributed by atoms with Crippen molar-refractivity contribution in [3.8, 4) is 5.75 Å². The van der Waals surface area contributed by atoms with Gasteiger partial charge in [0.2, 0.25) is 0 Å². The number of nitrogens with one attached hydrogen (secondary N) is 1. The number of rotatable bonds is 5. The van der Waals surface area contributed by atoms with Gasteiger partial charge < -0.3 is 15.2 Å². The summed E-state index contributed by atoms with van der Waals surface area (Å²) in [7, 11) is 0. The number of ether oxygens (including phenoxy) is 1. The molecule has 1 amide bonds. The van der Waals surface area contributed by atoms with Crippen molar-refractivity contribution in [3.05, 3.63) is 30.1 Å². The van der Waals surface area contributed by atoms with Crippen molar-refractivity contribution in [2.75, 3.05) is 6.54 Å². The van der Waals surface area contributed by atoms with Crippen molar-refractivity contribution in [2.45, 2.75) is 32.5 Å².